The maximum atomic E-state index is 13.6. The molecule has 0 saturated carbocycles. The lowest BCUT2D eigenvalue weighted by Gasteiger charge is -2.36. The molecule has 0 aliphatic carbocycles. The molecule has 40 heavy (non-hydrogen) atoms. The number of carbonyl (C=O) groups excluding carboxylic acids is 2. The Morgan fingerprint density at radius 1 is 1.02 bits per heavy atom. The number of carbonyl (C=O) groups is 2. The third kappa shape index (κ3) is 7.74. The van der Waals surface area contributed by atoms with Crippen LogP contribution in [0.1, 0.15) is 59.4 Å². The van der Waals surface area contributed by atoms with Crippen LogP contribution in [0.5, 0.6) is 5.75 Å². The van der Waals surface area contributed by atoms with Gasteiger partial charge in [0.1, 0.15) is 23.5 Å². The second-order valence-corrected chi connectivity index (χ2v) is 13.4. The summed E-state index contributed by atoms with van der Waals surface area (Å²) < 4.78 is 91.9. The smallest absolute Gasteiger partial charge is 0.427 e. The van der Waals surface area contributed by atoms with Gasteiger partial charge in [0.25, 0.3) is 10.0 Å². The maximum Gasteiger partial charge on any atom is 0.427 e. The topological polar surface area (TPSA) is 90.0 Å². The SMILES string of the molecule is CC(C)(C)CC(=O)CC[C@H]1CN(S(=O)(=O)c2ccc(F)cc2)c2cc(CC(=O)OC(C)(C)C(F)(F)F)ccc2O1. The monoisotopic (exact) mass is 587 g/mol. The summed E-state index contributed by atoms with van der Waals surface area (Å²) in [6.45, 7) is 7.10. The van der Waals surface area contributed by atoms with E-state index >= 15 is 0 Å². The van der Waals surface area contributed by atoms with Gasteiger partial charge in [-0.1, -0.05) is 26.8 Å². The number of alkyl halides is 3. The van der Waals surface area contributed by atoms with Crippen molar-refractivity contribution in [3.05, 3.63) is 53.8 Å². The summed E-state index contributed by atoms with van der Waals surface area (Å²) in [7, 11) is -4.25. The zero-order chi connectivity index (χ0) is 30.1. The molecule has 0 saturated heterocycles. The van der Waals surface area contributed by atoms with Gasteiger partial charge in [-0.3, -0.25) is 13.9 Å². The minimum atomic E-state index is -4.78. The molecule has 0 spiro atoms. The largest absolute Gasteiger partial charge is 0.486 e. The van der Waals surface area contributed by atoms with Gasteiger partial charge in [0.15, 0.2) is 0 Å². The standard InChI is InChI=1S/C28H33F4NO6S/c1-26(2,3)16-20(34)9-10-21-17-33(40(36,37)22-11-7-19(29)8-12-22)23-14-18(6-13-24(23)38-21)15-25(35)39-27(4,5)28(30,31)32/h6-8,11-14,21H,9-10,15-17H2,1-5H3/t21-/m0/s1. The first-order chi connectivity index (χ1) is 18.3. The number of Topliss-reactive ketones (excluding diaryl/α,β-unsaturated/α-hetero) is 1. The van der Waals surface area contributed by atoms with E-state index in [1.54, 1.807) is 0 Å². The van der Waals surface area contributed by atoms with Gasteiger partial charge in [-0.15, -0.1) is 0 Å². The van der Waals surface area contributed by atoms with Crippen LogP contribution in [0.25, 0.3) is 0 Å². The highest BCUT2D eigenvalue weighted by Gasteiger charge is 2.50. The summed E-state index contributed by atoms with van der Waals surface area (Å²) in [5.41, 5.74) is -2.66. The molecule has 1 aliphatic rings. The summed E-state index contributed by atoms with van der Waals surface area (Å²) in [6.07, 6.45) is -5.27. The molecule has 3 rings (SSSR count). The number of ether oxygens (including phenoxy) is 2. The van der Waals surface area contributed by atoms with Crippen molar-refractivity contribution in [2.24, 2.45) is 5.41 Å². The predicted molar refractivity (Wildman–Crippen MR) is 140 cm³/mol. The van der Waals surface area contributed by atoms with Crippen LogP contribution in [-0.4, -0.2) is 44.6 Å². The first kappa shape index (κ1) is 31.4. The number of fused-ring (bicyclic) bond motifs is 1. The molecule has 0 amide bonds. The number of nitrogens with zero attached hydrogens (tertiary/aromatic N) is 1. The quantitative estimate of drug-likeness (QED) is 0.264. The fourth-order valence-electron chi connectivity index (χ4n) is 4.13. The average Bonchev–Trinajstić information content (AvgIpc) is 2.80. The number of hydrogen-bond acceptors (Lipinski definition) is 6. The van der Waals surface area contributed by atoms with Crippen LogP contribution in [0, 0.1) is 11.2 Å². The van der Waals surface area contributed by atoms with Crippen LogP contribution in [-0.2, 0) is 30.8 Å². The number of esters is 1. The van der Waals surface area contributed by atoms with Crippen molar-refractivity contribution in [1.82, 2.24) is 0 Å². The van der Waals surface area contributed by atoms with E-state index in [2.05, 4.69) is 4.74 Å². The number of hydrogen-bond donors (Lipinski definition) is 0. The normalized spacial score (nSPS) is 16.2. The summed E-state index contributed by atoms with van der Waals surface area (Å²) in [5.74, 6) is -1.62. The summed E-state index contributed by atoms with van der Waals surface area (Å²) in [4.78, 5) is 24.6. The minimum absolute atomic E-state index is 0.00507. The Balaban J connectivity index is 1.91. The van der Waals surface area contributed by atoms with Crippen LogP contribution in [0.4, 0.5) is 23.2 Å². The van der Waals surface area contributed by atoms with E-state index in [4.69, 9.17) is 4.74 Å². The number of halogens is 4. The third-order valence-electron chi connectivity index (χ3n) is 6.23. The van der Waals surface area contributed by atoms with Gasteiger partial charge in [0, 0.05) is 12.8 Å². The molecule has 2 aromatic carbocycles. The van der Waals surface area contributed by atoms with E-state index in [0.717, 1.165) is 42.4 Å². The predicted octanol–water partition coefficient (Wildman–Crippen LogP) is 5.99. The van der Waals surface area contributed by atoms with Crippen molar-refractivity contribution in [2.75, 3.05) is 10.8 Å². The minimum Gasteiger partial charge on any atom is -0.486 e. The lowest BCUT2D eigenvalue weighted by molar-refractivity contribution is -0.257. The van der Waals surface area contributed by atoms with Crippen LogP contribution >= 0.6 is 0 Å². The van der Waals surface area contributed by atoms with Gasteiger partial charge < -0.3 is 9.47 Å². The molecule has 0 fully saturated rings. The molecule has 1 heterocycles. The van der Waals surface area contributed by atoms with Crippen molar-refractivity contribution in [2.45, 2.75) is 83.1 Å². The molecule has 0 N–H and O–H groups in total. The third-order valence-corrected chi connectivity index (χ3v) is 8.02. The molecule has 7 nitrogen and oxygen atoms in total. The Morgan fingerprint density at radius 2 is 1.65 bits per heavy atom. The van der Waals surface area contributed by atoms with E-state index in [1.165, 1.54) is 18.2 Å². The number of ketones is 1. The second kappa shape index (κ2) is 11.4. The summed E-state index contributed by atoms with van der Waals surface area (Å²) in [6, 6.07) is 8.42. The fraction of sp³-hybridized carbons (Fsp3) is 0.500. The van der Waals surface area contributed by atoms with Crippen molar-refractivity contribution in [3.8, 4) is 5.75 Å². The Labute approximate surface area is 231 Å². The van der Waals surface area contributed by atoms with Crippen LogP contribution in [0.3, 0.4) is 0 Å². The molecule has 0 unspecified atom stereocenters. The zero-order valence-corrected chi connectivity index (χ0v) is 23.8. The lowest BCUT2D eigenvalue weighted by Crippen LogP contribution is -2.44. The van der Waals surface area contributed by atoms with Crippen molar-refractivity contribution in [3.63, 3.8) is 0 Å². The molecule has 0 bridgehead atoms. The maximum absolute atomic E-state index is 13.6. The molecule has 12 heteroatoms. The van der Waals surface area contributed by atoms with Crippen molar-refractivity contribution >= 4 is 27.5 Å². The molecule has 2 aromatic rings. The van der Waals surface area contributed by atoms with E-state index in [0.29, 0.717) is 6.42 Å². The van der Waals surface area contributed by atoms with Gasteiger partial charge in [-0.25, -0.2) is 12.8 Å². The molecule has 0 radical (unpaired) electrons. The van der Waals surface area contributed by atoms with Gasteiger partial charge in [-0.05, 0) is 67.6 Å². The van der Waals surface area contributed by atoms with E-state index in [9.17, 15) is 35.6 Å². The Kier molecular flexibility index (Phi) is 8.93. The number of sulfonamides is 1. The number of rotatable bonds is 9. The van der Waals surface area contributed by atoms with Gasteiger partial charge in [0.05, 0.1) is 23.5 Å². The van der Waals surface area contributed by atoms with E-state index < -0.39 is 46.1 Å². The Morgan fingerprint density at radius 3 is 2.23 bits per heavy atom. The molecule has 220 valence electrons. The van der Waals surface area contributed by atoms with Crippen LogP contribution < -0.4 is 9.04 Å². The summed E-state index contributed by atoms with van der Waals surface area (Å²) >= 11 is 0. The number of anilines is 1. The highest BCUT2D eigenvalue weighted by molar-refractivity contribution is 7.92. The molecule has 1 aliphatic heterocycles. The van der Waals surface area contributed by atoms with E-state index in [-0.39, 0.29) is 52.5 Å². The Hall–Kier alpha value is -3.15. The fourth-order valence-corrected chi connectivity index (χ4v) is 5.62. The average molecular weight is 588 g/mol. The highest BCUT2D eigenvalue weighted by atomic mass is 32.2. The van der Waals surface area contributed by atoms with E-state index in [1.807, 2.05) is 20.8 Å². The van der Waals surface area contributed by atoms with Crippen molar-refractivity contribution < 1.29 is 45.0 Å². The second-order valence-electron chi connectivity index (χ2n) is 11.5. The van der Waals surface area contributed by atoms with Crippen LogP contribution in [0.15, 0.2) is 47.4 Å². The summed E-state index contributed by atoms with van der Waals surface area (Å²) in [5, 5.41) is 0. The first-order valence-corrected chi connectivity index (χ1v) is 14.1. The Bertz CT molecular complexity index is 1350. The number of benzene rings is 2. The van der Waals surface area contributed by atoms with Gasteiger partial charge >= 0.3 is 12.1 Å². The zero-order valence-electron chi connectivity index (χ0n) is 23.0. The van der Waals surface area contributed by atoms with Gasteiger partial charge in [0.2, 0.25) is 5.60 Å². The molecule has 1 atom stereocenters. The molecular formula is C28H33F4NO6S. The highest BCUT2D eigenvalue weighted by Crippen LogP contribution is 2.39. The molecule has 0 aromatic heterocycles. The van der Waals surface area contributed by atoms with Gasteiger partial charge in [-0.2, -0.15) is 13.2 Å². The lowest BCUT2D eigenvalue weighted by atomic mass is 9.88. The first-order valence-electron chi connectivity index (χ1n) is 12.7. The molecular weight excluding hydrogens is 554 g/mol. The van der Waals surface area contributed by atoms with Crippen molar-refractivity contribution in [1.29, 1.82) is 0 Å². The van der Waals surface area contributed by atoms with Crippen LogP contribution in [0.2, 0.25) is 0 Å².